The molecular formula is C3H7NNa3O5P. The van der Waals surface area contributed by atoms with Gasteiger partial charge in [-0.05, 0) is 0 Å². The molecule has 0 aliphatic heterocycles. The van der Waals surface area contributed by atoms with Gasteiger partial charge in [0.25, 0.3) is 0 Å². The summed E-state index contributed by atoms with van der Waals surface area (Å²) in [5.74, 6) is 0. The van der Waals surface area contributed by atoms with Crippen LogP contribution in [0.3, 0.4) is 0 Å². The summed E-state index contributed by atoms with van der Waals surface area (Å²) in [5.41, 5.74) is 0. The Morgan fingerprint density at radius 1 is 1.15 bits per heavy atom. The molecule has 13 heavy (non-hydrogen) atoms. The molecule has 10 heteroatoms. The van der Waals surface area contributed by atoms with Crippen LogP contribution in [0.4, 0.5) is 0 Å². The first-order valence-electron chi connectivity index (χ1n) is 1.90. The maximum atomic E-state index is 8.55. The summed E-state index contributed by atoms with van der Waals surface area (Å²) in [5, 5.41) is 14.3. The van der Waals surface area contributed by atoms with Crippen molar-refractivity contribution in [2.24, 2.45) is 0 Å². The molecule has 0 bridgehead atoms. The number of aliphatic hydroxyl groups is 1. The predicted molar refractivity (Wildman–Crippen MR) is 27.0 cm³/mol. The molecule has 0 fully saturated rings. The van der Waals surface area contributed by atoms with Crippen molar-refractivity contribution in [1.82, 2.24) is 0 Å². The molecule has 0 aliphatic rings. The number of hydrogen-bond acceptors (Lipinski definition) is 6. The summed E-state index contributed by atoms with van der Waals surface area (Å²) >= 11 is 0. The zero-order valence-electron chi connectivity index (χ0n) is 8.47. The normalized spacial score (nSPS) is 5.62. The Morgan fingerprint density at radius 3 is 1.15 bits per heavy atom. The molecule has 0 aromatic carbocycles. The Labute approximate surface area is 144 Å². The van der Waals surface area contributed by atoms with E-state index in [0.717, 1.165) is 7.11 Å². The first-order valence-corrected chi connectivity index (χ1v) is 3.36. The van der Waals surface area contributed by atoms with Gasteiger partial charge in [0.05, 0.1) is 6.07 Å². The van der Waals surface area contributed by atoms with Crippen LogP contribution >= 0.6 is 7.82 Å². The van der Waals surface area contributed by atoms with Crippen LogP contribution < -0.4 is 103 Å². The summed E-state index contributed by atoms with van der Waals surface area (Å²) in [6.45, 7) is 1.43. The van der Waals surface area contributed by atoms with Crippen molar-refractivity contribution in [3.8, 4) is 6.07 Å². The molecule has 0 aromatic rings. The van der Waals surface area contributed by atoms with Gasteiger partial charge < -0.3 is 24.4 Å². The van der Waals surface area contributed by atoms with Crippen molar-refractivity contribution in [2.45, 2.75) is 6.92 Å². The average molecular weight is 237 g/mol. The van der Waals surface area contributed by atoms with Crippen molar-refractivity contribution in [3.63, 3.8) is 0 Å². The van der Waals surface area contributed by atoms with Crippen molar-refractivity contribution in [3.05, 3.63) is 0 Å². The van der Waals surface area contributed by atoms with E-state index in [4.69, 9.17) is 29.6 Å². The van der Waals surface area contributed by atoms with Crippen molar-refractivity contribution < 1.29 is 113 Å². The third-order valence-electron chi connectivity index (χ3n) is 0. The van der Waals surface area contributed by atoms with Gasteiger partial charge in [0, 0.05) is 14.0 Å². The van der Waals surface area contributed by atoms with Crippen LogP contribution in [0.1, 0.15) is 6.92 Å². The summed E-state index contributed by atoms with van der Waals surface area (Å²) in [4.78, 5) is 25.6. The second kappa shape index (κ2) is 29.3. The second-order valence-corrected chi connectivity index (χ2v) is 1.57. The monoisotopic (exact) mass is 237 g/mol. The van der Waals surface area contributed by atoms with Crippen LogP contribution in [-0.2, 0) is 4.57 Å². The molecule has 0 unspecified atom stereocenters. The molecule has 62 valence electrons. The molecule has 0 saturated heterocycles. The molecule has 0 spiro atoms. The molecular weight excluding hydrogens is 230 g/mol. The first-order chi connectivity index (χ1) is 4.41. The second-order valence-electron chi connectivity index (χ2n) is 0.671. The standard InChI is InChI=1S/C2H3N.CH4O.3Na.H3O4P/c1-2-3;1-2;;;;1-5(2,3)4/h1H3;2H,1H3;;;;(H3,1,2,3,4)/q;;3*+1;/p-3. The quantitative estimate of drug-likeness (QED) is 0.328. The van der Waals surface area contributed by atoms with Crippen molar-refractivity contribution >= 4 is 7.82 Å². The zero-order chi connectivity index (χ0) is 9.21. The summed E-state index contributed by atoms with van der Waals surface area (Å²) in [7, 11) is -4.39. The van der Waals surface area contributed by atoms with Crippen LogP contribution in [0, 0.1) is 11.3 Å². The van der Waals surface area contributed by atoms with Gasteiger partial charge >= 0.3 is 88.7 Å². The van der Waals surface area contributed by atoms with E-state index in [1.807, 2.05) is 0 Å². The van der Waals surface area contributed by atoms with E-state index in [0.29, 0.717) is 0 Å². The van der Waals surface area contributed by atoms with Crippen LogP contribution in [0.25, 0.3) is 0 Å². The minimum Gasteiger partial charge on any atom is -0.822 e. The van der Waals surface area contributed by atoms with Crippen LogP contribution in [0.2, 0.25) is 0 Å². The molecule has 0 saturated carbocycles. The van der Waals surface area contributed by atoms with Gasteiger partial charge in [0.15, 0.2) is 0 Å². The molecule has 0 atom stereocenters. The molecule has 0 aliphatic carbocycles. The number of nitriles is 1. The Bertz CT molecular complexity index is 125. The van der Waals surface area contributed by atoms with Crippen LogP contribution in [0.15, 0.2) is 0 Å². The SMILES string of the molecule is CC#N.CO.O=P([O-])([O-])[O-].[Na+].[Na+].[Na+]. The molecule has 0 aromatic heterocycles. The zero-order valence-corrected chi connectivity index (χ0v) is 15.4. The molecule has 1 N–H and O–H groups in total. The van der Waals surface area contributed by atoms with Gasteiger partial charge in [-0.1, -0.05) is 0 Å². The molecule has 0 amide bonds. The minimum absolute atomic E-state index is 0. The first kappa shape index (κ1) is 36.1. The molecule has 6 nitrogen and oxygen atoms in total. The van der Waals surface area contributed by atoms with E-state index in [9.17, 15) is 0 Å². The molecule has 0 radical (unpaired) electrons. The molecule has 0 heterocycles. The van der Waals surface area contributed by atoms with Gasteiger partial charge in [-0.15, -0.1) is 0 Å². The van der Waals surface area contributed by atoms with Gasteiger partial charge in [-0.2, -0.15) is 13.1 Å². The van der Waals surface area contributed by atoms with Gasteiger partial charge in [-0.3, -0.25) is 0 Å². The van der Waals surface area contributed by atoms with Gasteiger partial charge in [0.2, 0.25) is 0 Å². The van der Waals surface area contributed by atoms with E-state index in [1.54, 1.807) is 6.07 Å². The summed E-state index contributed by atoms with van der Waals surface area (Å²) in [6, 6.07) is 1.75. The predicted octanol–water partition coefficient (Wildman–Crippen LogP) is -11.7. The van der Waals surface area contributed by atoms with E-state index < -0.39 is 7.82 Å². The van der Waals surface area contributed by atoms with E-state index in [2.05, 4.69) is 0 Å². The fraction of sp³-hybridized carbons (Fsp3) is 0.667. The number of aliphatic hydroxyl groups excluding tert-OH is 1. The van der Waals surface area contributed by atoms with Crippen LogP contribution in [0.5, 0.6) is 0 Å². The fourth-order valence-electron chi connectivity index (χ4n) is 0. The van der Waals surface area contributed by atoms with Gasteiger partial charge in [-0.25, -0.2) is 0 Å². The average Bonchev–Trinajstić information content (AvgIpc) is 1.68. The Kier molecular flexibility index (Phi) is 81.3. The fourth-order valence-corrected chi connectivity index (χ4v) is 0. The summed E-state index contributed by atoms with van der Waals surface area (Å²) < 4.78 is 8.55. The topological polar surface area (TPSA) is 130 Å². The van der Waals surface area contributed by atoms with Crippen molar-refractivity contribution in [1.29, 1.82) is 5.26 Å². The Morgan fingerprint density at radius 2 is 1.15 bits per heavy atom. The van der Waals surface area contributed by atoms with Crippen molar-refractivity contribution in [2.75, 3.05) is 7.11 Å². The van der Waals surface area contributed by atoms with E-state index >= 15 is 0 Å². The third-order valence-corrected chi connectivity index (χ3v) is 0. The smallest absolute Gasteiger partial charge is 0.822 e. The number of hydrogen-bond donors (Lipinski definition) is 1. The number of rotatable bonds is 0. The molecule has 0 rings (SSSR count). The Balaban J connectivity index is -0.0000000138. The maximum absolute atomic E-state index is 8.55. The van der Waals surface area contributed by atoms with Gasteiger partial charge in [0.1, 0.15) is 0 Å². The largest absolute Gasteiger partial charge is 1.00 e. The van der Waals surface area contributed by atoms with Crippen LogP contribution in [-0.4, -0.2) is 12.2 Å². The third kappa shape index (κ3) is 350. The number of phosphoric acid groups is 1. The number of nitrogens with zero attached hydrogens (tertiary/aromatic N) is 1. The maximum Gasteiger partial charge on any atom is 1.00 e. The van der Waals surface area contributed by atoms with E-state index in [-0.39, 0.29) is 88.7 Å². The summed E-state index contributed by atoms with van der Waals surface area (Å²) in [6.07, 6.45) is 0. The minimum atomic E-state index is -5.39. The Hall–Kier alpha value is 2.56. The van der Waals surface area contributed by atoms with E-state index in [1.165, 1.54) is 6.92 Å².